The van der Waals surface area contributed by atoms with Crippen molar-refractivity contribution < 1.29 is 18.4 Å². The van der Waals surface area contributed by atoms with Crippen molar-refractivity contribution in [3.8, 4) is 0 Å². The number of halogens is 2. The first-order chi connectivity index (χ1) is 11.1. The third kappa shape index (κ3) is 4.97. The van der Waals surface area contributed by atoms with E-state index in [2.05, 4.69) is 42.3 Å². The number of carbonyl (C=O) groups is 2. The van der Waals surface area contributed by atoms with Gasteiger partial charge in [-0.2, -0.15) is 0 Å². The summed E-state index contributed by atoms with van der Waals surface area (Å²) in [7, 11) is 0. The third-order valence-electron chi connectivity index (χ3n) is 3.82. The number of hydrogen-bond acceptors (Lipinski definition) is 4. The maximum absolute atomic E-state index is 13.1. The summed E-state index contributed by atoms with van der Waals surface area (Å²) < 4.78 is 26.2. The molecule has 6 nitrogen and oxygen atoms in total. The minimum absolute atomic E-state index is 0.0438. The molecule has 0 radical (unpaired) electrons. The summed E-state index contributed by atoms with van der Waals surface area (Å²) in [5, 5.41) is 5.07. The van der Waals surface area contributed by atoms with Crippen LogP contribution in [0.4, 0.5) is 8.78 Å². The Morgan fingerprint density at radius 2 is 1.79 bits per heavy atom. The molecule has 1 aromatic rings. The zero-order valence-corrected chi connectivity index (χ0v) is 13.9. The summed E-state index contributed by atoms with van der Waals surface area (Å²) in [4.78, 5) is 23.7. The molecule has 2 atom stereocenters. The molecular weight excluding hydrogens is 318 g/mol. The Hall–Kier alpha value is -2.06. The van der Waals surface area contributed by atoms with Crippen LogP contribution in [-0.2, 0) is 4.79 Å². The molecule has 24 heavy (non-hydrogen) atoms. The van der Waals surface area contributed by atoms with Crippen molar-refractivity contribution in [2.24, 2.45) is 5.41 Å². The molecule has 8 heteroatoms. The summed E-state index contributed by atoms with van der Waals surface area (Å²) in [6.45, 7) is 5.99. The lowest BCUT2D eigenvalue weighted by Gasteiger charge is -2.25. The molecule has 0 aromatic heterocycles. The van der Waals surface area contributed by atoms with Gasteiger partial charge in [0.1, 0.15) is 11.6 Å². The molecule has 2 unspecified atom stereocenters. The van der Waals surface area contributed by atoms with E-state index in [4.69, 9.17) is 0 Å². The number of hydrogen-bond donors (Lipinski definition) is 4. The maximum atomic E-state index is 13.1. The Kier molecular flexibility index (Phi) is 5.51. The number of amides is 2. The topological polar surface area (TPSA) is 82.3 Å². The Morgan fingerprint density at radius 1 is 1.17 bits per heavy atom. The first-order valence-electron chi connectivity index (χ1n) is 7.70. The highest BCUT2D eigenvalue weighted by molar-refractivity contribution is 5.96. The van der Waals surface area contributed by atoms with Gasteiger partial charge in [-0.25, -0.2) is 14.2 Å². The van der Waals surface area contributed by atoms with Gasteiger partial charge in [0.05, 0.1) is 12.7 Å². The zero-order valence-electron chi connectivity index (χ0n) is 13.9. The van der Waals surface area contributed by atoms with Crippen molar-refractivity contribution >= 4 is 11.8 Å². The fourth-order valence-electron chi connectivity index (χ4n) is 2.41. The van der Waals surface area contributed by atoms with E-state index >= 15 is 0 Å². The Bertz CT molecular complexity index is 611. The zero-order chi connectivity index (χ0) is 17.9. The lowest BCUT2D eigenvalue weighted by Crippen LogP contribution is -2.48. The van der Waals surface area contributed by atoms with Crippen LogP contribution < -0.4 is 21.5 Å². The number of benzene rings is 1. The average molecular weight is 340 g/mol. The summed E-state index contributed by atoms with van der Waals surface area (Å²) >= 11 is 0. The molecule has 0 aliphatic carbocycles. The molecule has 1 aliphatic heterocycles. The predicted molar refractivity (Wildman–Crippen MR) is 84.8 cm³/mol. The second-order valence-electron chi connectivity index (χ2n) is 6.90. The van der Waals surface area contributed by atoms with E-state index in [1.54, 1.807) is 0 Å². The van der Waals surface area contributed by atoms with Crippen LogP contribution >= 0.6 is 0 Å². The van der Waals surface area contributed by atoms with Gasteiger partial charge in [0.15, 0.2) is 0 Å². The van der Waals surface area contributed by atoms with Crippen molar-refractivity contribution in [2.75, 3.05) is 6.54 Å². The number of hydrazine groups is 1. The minimum Gasteiger partial charge on any atom is -0.343 e. The van der Waals surface area contributed by atoms with Crippen LogP contribution in [0.3, 0.4) is 0 Å². The standard InChI is InChI=1S/C16H22F2N4O2/c1-16(2,3)12-7-13(22-21-12)20-14(23)8-19-15(24)9-4-10(17)6-11(18)5-9/h4-6,12-13,21-22H,7-8H2,1-3H3,(H,19,24)(H,20,23). The first kappa shape index (κ1) is 18.3. The van der Waals surface area contributed by atoms with Gasteiger partial charge in [-0.1, -0.05) is 20.8 Å². The van der Waals surface area contributed by atoms with E-state index < -0.39 is 23.4 Å². The van der Waals surface area contributed by atoms with Gasteiger partial charge in [-0.3, -0.25) is 15.0 Å². The fourth-order valence-corrected chi connectivity index (χ4v) is 2.41. The SMILES string of the molecule is CC(C)(C)C1CC(NC(=O)CNC(=O)c2cc(F)cc(F)c2)NN1. The lowest BCUT2D eigenvalue weighted by atomic mass is 9.85. The molecule has 4 N–H and O–H groups in total. The van der Waals surface area contributed by atoms with E-state index in [1.165, 1.54) is 0 Å². The van der Waals surface area contributed by atoms with Crippen LogP contribution in [0.15, 0.2) is 18.2 Å². The van der Waals surface area contributed by atoms with E-state index in [-0.39, 0.29) is 29.7 Å². The van der Waals surface area contributed by atoms with Crippen LogP contribution in [0.25, 0.3) is 0 Å². The third-order valence-corrected chi connectivity index (χ3v) is 3.82. The summed E-state index contributed by atoms with van der Waals surface area (Å²) in [5.74, 6) is -2.80. The van der Waals surface area contributed by atoms with Crippen LogP contribution in [0.2, 0.25) is 0 Å². The molecule has 0 spiro atoms. The van der Waals surface area contributed by atoms with Crippen molar-refractivity contribution in [1.82, 2.24) is 21.5 Å². The molecule has 1 heterocycles. The Balaban J connectivity index is 1.80. The largest absolute Gasteiger partial charge is 0.343 e. The quantitative estimate of drug-likeness (QED) is 0.660. The molecule has 1 fully saturated rings. The number of rotatable bonds is 4. The van der Waals surface area contributed by atoms with E-state index in [9.17, 15) is 18.4 Å². The molecule has 132 valence electrons. The average Bonchev–Trinajstić information content (AvgIpc) is 2.92. The summed E-state index contributed by atoms with van der Waals surface area (Å²) in [5.41, 5.74) is 5.98. The Morgan fingerprint density at radius 3 is 2.33 bits per heavy atom. The van der Waals surface area contributed by atoms with Crippen LogP contribution in [-0.4, -0.2) is 30.6 Å². The van der Waals surface area contributed by atoms with E-state index in [1.807, 2.05) is 0 Å². The van der Waals surface area contributed by atoms with Gasteiger partial charge in [-0.05, 0) is 24.0 Å². The van der Waals surface area contributed by atoms with Crippen molar-refractivity contribution in [3.05, 3.63) is 35.4 Å². The number of nitrogens with one attached hydrogen (secondary N) is 4. The monoisotopic (exact) mass is 340 g/mol. The molecule has 1 aliphatic rings. The predicted octanol–water partition coefficient (Wildman–Crippen LogP) is 1.05. The van der Waals surface area contributed by atoms with Crippen molar-refractivity contribution in [3.63, 3.8) is 0 Å². The van der Waals surface area contributed by atoms with Crippen molar-refractivity contribution in [2.45, 2.75) is 39.4 Å². The highest BCUT2D eigenvalue weighted by atomic mass is 19.1. The van der Waals surface area contributed by atoms with E-state index in [0.29, 0.717) is 12.5 Å². The van der Waals surface area contributed by atoms with Crippen molar-refractivity contribution in [1.29, 1.82) is 0 Å². The normalized spacial score (nSPS) is 20.7. The van der Waals surface area contributed by atoms with Crippen LogP contribution in [0, 0.1) is 17.0 Å². The van der Waals surface area contributed by atoms with Gasteiger partial charge in [-0.15, -0.1) is 0 Å². The second-order valence-corrected chi connectivity index (χ2v) is 6.90. The van der Waals surface area contributed by atoms with Gasteiger partial charge in [0.2, 0.25) is 5.91 Å². The Labute approximate surface area is 139 Å². The second kappa shape index (κ2) is 7.23. The maximum Gasteiger partial charge on any atom is 0.251 e. The molecule has 1 saturated heterocycles. The highest BCUT2D eigenvalue weighted by Gasteiger charge is 2.33. The molecule has 1 aromatic carbocycles. The smallest absolute Gasteiger partial charge is 0.251 e. The fraction of sp³-hybridized carbons (Fsp3) is 0.500. The minimum atomic E-state index is -0.848. The molecule has 0 saturated carbocycles. The molecular formula is C16H22F2N4O2. The van der Waals surface area contributed by atoms with Gasteiger partial charge < -0.3 is 10.6 Å². The first-order valence-corrected chi connectivity index (χ1v) is 7.70. The number of carbonyl (C=O) groups excluding carboxylic acids is 2. The van der Waals surface area contributed by atoms with Crippen LogP contribution in [0.5, 0.6) is 0 Å². The highest BCUT2D eigenvalue weighted by Crippen LogP contribution is 2.24. The van der Waals surface area contributed by atoms with E-state index in [0.717, 1.165) is 12.1 Å². The summed E-state index contributed by atoms with van der Waals surface area (Å²) in [6, 6.07) is 2.69. The lowest BCUT2D eigenvalue weighted by molar-refractivity contribution is -0.121. The molecule has 2 amide bonds. The summed E-state index contributed by atoms with van der Waals surface area (Å²) in [6.07, 6.45) is 0.461. The molecule has 2 rings (SSSR count). The van der Waals surface area contributed by atoms with Gasteiger partial charge >= 0.3 is 0 Å². The van der Waals surface area contributed by atoms with Crippen LogP contribution in [0.1, 0.15) is 37.6 Å². The van der Waals surface area contributed by atoms with Gasteiger partial charge in [0, 0.05) is 17.7 Å². The molecule has 0 bridgehead atoms. The van der Waals surface area contributed by atoms with Gasteiger partial charge in [0.25, 0.3) is 5.91 Å².